The van der Waals surface area contributed by atoms with E-state index in [4.69, 9.17) is 4.74 Å². The number of hydrogen-bond donors (Lipinski definition) is 0. The van der Waals surface area contributed by atoms with E-state index in [2.05, 4.69) is 32.8 Å². The molecule has 0 rings (SSSR count). The molecule has 11 heavy (non-hydrogen) atoms. The zero-order chi connectivity index (χ0) is 8.91. The van der Waals surface area contributed by atoms with Crippen LogP contribution in [0.2, 0.25) is 0 Å². The van der Waals surface area contributed by atoms with Crippen molar-refractivity contribution in [3.8, 4) is 0 Å². The second kappa shape index (κ2) is 4.73. The molecule has 1 atom stereocenters. The Morgan fingerprint density at radius 3 is 2.18 bits per heavy atom. The summed E-state index contributed by atoms with van der Waals surface area (Å²) < 4.78 is 5.06. The Bertz CT molecular complexity index is 104. The van der Waals surface area contributed by atoms with Crippen molar-refractivity contribution >= 4 is 0 Å². The zero-order valence-electron chi connectivity index (χ0n) is 8.48. The molecule has 0 aromatic heterocycles. The summed E-state index contributed by atoms with van der Waals surface area (Å²) in [6.45, 7) is 5.34. The molecule has 2 nitrogen and oxygen atoms in total. The lowest BCUT2D eigenvalue weighted by atomic mass is 9.94. The Balaban J connectivity index is 3.88. The summed E-state index contributed by atoms with van der Waals surface area (Å²) in [6, 6.07) is 0. The number of ether oxygens (including phenoxy) is 1. The molecule has 0 spiro atoms. The van der Waals surface area contributed by atoms with Crippen LogP contribution in [0.1, 0.15) is 26.7 Å². The van der Waals surface area contributed by atoms with Crippen LogP contribution >= 0.6 is 0 Å². The van der Waals surface area contributed by atoms with Crippen LogP contribution in [0.3, 0.4) is 0 Å². The van der Waals surface area contributed by atoms with Crippen LogP contribution in [0, 0.1) is 0 Å². The number of hydrogen-bond acceptors (Lipinski definition) is 2. The van der Waals surface area contributed by atoms with Crippen molar-refractivity contribution in [1.82, 2.24) is 4.90 Å². The molecular weight excluding hydrogens is 138 g/mol. The summed E-state index contributed by atoms with van der Waals surface area (Å²) in [5.41, 5.74) is 0.302. The third-order valence-corrected chi connectivity index (χ3v) is 2.69. The fourth-order valence-electron chi connectivity index (χ4n) is 1.04. The van der Waals surface area contributed by atoms with Crippen molar-refractivity contribution in [1.29, 1.82) is 0 Å². The lowest BCUT2D eigenvalue weighted by Gasteiger charge is -2.35. The van der Waals surface area contributed by atoms with E-state index >= 15 is 0 Å². The van der Waals surface area contributed by atoms with Gasteiger partial charge in [-0.1, -0.05) is 6.92 Å². The molecule has 0 aromatic rings. The first kappa shape index (κ1) is 10.9. The Morgan fingerprint density at radius 2 is 1.91 bits per heavy atom. The van der Waals surface area contributed by atoms with Crippen LogP contribution in [-0.2, 0) is 4.74 Å². The van der Waals surface area contributed by atoms with E-state index in [1.807, 2.05) is 0 Å². The van der Waals surface area contributed by atoms with Crippen molar-refractivity contribution in [2.24, 2.45) is 0 Å². The molecule has 0 radical (unpaired) electrons. The molecule has 0 saturated carbocycles. The summed E-state index contributed by atoms with van der Waals surface area (Å²) in [5.74, 6) is 0. The highest BCUT2D eigenvalue weighted by molar-refractivity contribution is 4.80. The third-order valence-electron chi connectivity index (χ3n) is 2.69. The lowest BCUT2D eigenvalue weighted by molar-refractivity contribution is 0.0988. The van der Waals surface area contributed by atoms with Gasteiger partial charge in [-0.05, 0) is 33.9 Å². The van der Waals surface area contributed by atoms with Gasteiger partial charge in [-0.25, -0.2) is 0 Å². The zero-order valence-corrected chi connectivity index (χ0v) is 8.48. The van der Waals surface area contributed by atoms with E-state index in [-0.39, 0.29) is 0 Å². The normalized spacial score (nSPS) is 16.9. The first-order chi connectivity index (χ1) is 5.06. The SMILES string of the molecule is CCC(C)(CCOC)N(C)C. The molecule has 2 heteroatoms. The summed E-state index contributed by atoms with van der Waals surface area (Å²) in [4.78, 5) is 2.27. The van der Waals surface area contributed by atoms with E-state index in [9.17, 15) is 0 Å². The smallest absolute Gasteiger partial charge is 0.0479 e. The van der Waals surface area contributed by atoms with Crippen LogP contribution in [0.25, 0.3) is 0 Å². The minimum Gasteiger partial charge on any atom is -0.385 e. The highest BCUT2D eigenvalue weighted by Gasteiger charge is 2.23. The summed E-state index contributed by atoms with van der Waals surface area (Å²) in [5, 5.41) is 0. The maximum atomic E-state index is 5.06. The molecule has 0 bridgehead atoms. The van der Waals surface area contributed by atoms with Gasteiger partial charge >= 0.3 is 0 Å². The third kappa shape index (κ3) is 3.21. The monoisotopic (exact) mass is 159 g/mol. The first-order valence-corrected chi connectivity index (χ1v) is 4.23. The van der Waals surface area contributed by atoms with Gasteiger partial charge in [-0.2, -0.15) is 0 Å². The fourth-order valence-corrected chi connectivity index (χ4v) is 1.04. The van der Waals surface area contributed by atoms with Crippen molar-refractivity contribution in [2.45, 2.75) is 32.2 Å². The van der Waals surface area contributed by atoms with Crippen LogP contribution in [0.5, 0.6) is 0 Å². The second-order valence-electron chi connectivity index (χ2n) is 3.49. The molecule has 0 saturated heterocycles. The fraction of sp³-hybridized carbons (Fsp3) is 1.00. The van der Waals surface area contributed by atoms with Crippen LogP contribution < -0.4 is 0 Å². The summed E-state index contributed by atoms with van der Waals surface area (Å²) >= 11 is 0. The predicted molar refractivity (Wildman–Crippen MR) is 48.9 cm³/mol. The molecule has 1 unspecified atom stereocenters. The van der Waals surface area contributed by atoms with Gasteiger partial charge in [0.25, 0.3) is 0 Å². The maximum absolute atomic E-state index is 5.06. The predicted octanol–water partition coefficient (Wildman–Crippen LogP) is 1.75. The number of rotatable bonds is 5. The standard InChI is InChI=1S/C9H21NO/c1-6-9(2,10(3)4)7-8-11-5/h6-8H2,1-5H3. The quantitative estimate of drug-likeness (QED) is 0.606. The minimum atomic E-state index is 0.302. The molecular formula is C9H21NO. The van der Waals surface area contributed by atoms with Gasteiger partial charge in [-0.15, -0.1) is 0 Å². The van der Waals surface area contributed by atoms with Gasteiger partial charge < -0.3 is 9.64 Å². The van der Waals surface area contributed by atoms with Crippen LogP contribution in [0.15, 0.2) is 0 Å². The molecule has 0 aliphatic heterocycles. The minimum absolute atomic E-state index is 0.302. The molecule has 0 N–H and O–H groups in total. The second-order valence-corrected chi connectivity index (χ2v) is 3.49. The van der Waals surface area contributed by atoms with Crippen molar-refractivity contribution < 1.29 is 4.74 Å². The molecule has 0 amide bonds. The van der Waals surface area contributed by atoms with Gasteiger partial charge in [0.2, 0.25) is 0 Å². The Kier molecular flexibility index (Phi) is 4.69. The molecule has 68 valence electrons. The van der Waals surface area contributed by atoms with Crippen LogP contribution in [-0.4, -0.2) is 38.3 Å². The Morgan fingerprint density at radius 1 is 1.36 bits per heavy atom. The van der Waals surface area contributed by atoms with Gasteiger partial charge in [0.15, 0.2) is 0 Å². The van der Waals surface area contributed by atoms with Crippen molar-refractivity contribution in [2.75, 3.05) is 27.8 Å². The number of methoxy groups -OCH3 is 1. The molecule has 0 aliphatic rings. The van der Waals surface area contributed by atoms with Gasteiger partial charge in [0.05, 0.1) is 0 Å². The summed E-state index contributed by atoms with van der Waals surface area (Å²) in [6.07, 6.45) is 2.27. The summed E-state index contributed by atoms with van der Waals surface area (Å²) in [7, 11) is 6.00. The largest absolute Gasteiger partial charge is 0.385 e. The van der Waals surface area contributed by atoms with E-state index in [0.29, 0.717) is 5.54 Å². The van der Waals surface area contributed by atoms with Crippen molar-refractivity contribution in [3.63, 3.8) is 0 Å². The Hall–Kier alpha value is -0.0800. The van der Waals surface area contributed by atoms with Gasteiger partial charge in [-0.3, -0.25) is 0 Å². The highest BCUT2D eigenvalue weighted by atomic mass is 16.5. The average molecular weight is 159 g/mol. The van der Waals surface area contributed by atoms with Gasteiger partial charge in [0, 0.05) is 19.3 Å². The topological polar surface area (TPSA) is 12.5 Å². The number of nitrogens with zero attached hydrogens (tertiary/aromatic N) is 1. The molecule has 0 fully saturated rings. The lowest BCUT2D eigenvalue weighted by Crippen LogP contribution is -2.41. The molecule has 0 aliphatic carbocycles. The first-order valence-electron chi connectivity index (χ1n) is 4.23. The maximum Gasteiger partial charge on any atom is 0.0479 e. The van der Waals surface area contributed by atoms with E-state index < -0.39 is 0 Å². The Labute approximate surface area is 70.5 Å². The van der Waals surface area contributed by atoms with Crippen molar-refractivity contribution in [3.05, 3.63) is 0 Å². The van der Waals surface area contributed by atoms with E-state index in [1.165, 1.54) is 6.42 Å². The average Bonchev–Trinajstić information content (AvgIpc) is 2.00. The van der Waals surface area contributed by atoms with Gasteiger partial charge in [0.1, 0.15) is 0 Å². The van der Waals surface area contributed by atoms with E-state index in [0.717, 1.165) is 13.0 Å². The van der Waals surface area contributed by atoms with E-state index in [1.54, 1.807) is 7.11 Å². The molecule has 0 heterocycles. The highest BCUT2D eigenvalue weighted by Crippen LogP contribution is 2.19. The molecule has 0 aromatic carbocycles. The van der Waals surface area contributed by atoms with Crippen LogP contribution in [0.4, 0.5) is 0 Å².